The van der Waals surface area contributed by atoms with Crippen LogP contribution in [0.5, 0.6) is 11.5 Å². The first-order valence-corrected chi connectivity index (χ1v) is 9.67. The molecule has 2 aromatic carbocycles. The summed E-state index contributed by atoms with van der Waals surface area (Å²) in [5.74, 6) is 0.815. The van der Waals surface area contributed by atoms with Crippen molar-refractivity contribution in [1.29, 1.82) is 0 Å². The molecule has 0 radical (unpaired) electrons. The Balaban J connectivity index is 1.76. The van der Waals surface area contributed by atoms with Crippen molar-refractivity contribution in [1.82, 2.24) is 4.90 Å². The van der Waals surface area contributed by atoms with Gasteiger partial charge in [-0.2, -0.15) is 0 Å². The first-order chi connectivity index (χ1) is 13.8. The highest BCUT2D eigenvalue weighted by atomic mass is 16.5. The Morgan fingerprint density at radius 3 is 2.31 bits per heavy atom. The van der Waals surface area contributed by atoms with Gasteiger partial charge in [0.1, 0.15) is 5.41 Å². The van der Waals surface area contributed by atoms with Crippen LogP contribution >= 0.6 is 0 Å². The molecule has 0 fully saturated rings. The summed E-state index contributed by atoms with van der Waals surface area (Å²) in [5.41, 5.74) is 2.70. The van der Waals surface area contributed by atoms with Crippen LogP contribution in [0.3, 0.4) is 0 Å². The number of amides is 2. The fourth-order valence-electron chi connectivity index (χ4n) is 3.56. The van der Waals surface area contributed by atoms with Gasteiger partial charge in [0.25, 0.3) is 0 Å². The van der Waals surface area contributed by atoms with Crippen LogP contribution in [0.4, 0.5) is 5.69 Å². The van der Waals surface area contributed by atoms with E-state index in [4.69, 9.17) is 9.47 Å². The van der Waals surface area contributed by atoms with Gasteiger partial charge in [0.05, 0.1) is 14.2 Å². The van der Waals surface area contributed by atoms with Gasteiger partial charge in [-0.15, -0.1) is 0 Å². The third kappa shape index (κ3) is 4.21. The van der Waals surface area contributed by atoms with Crippen molar-refractivity contribution >= 4 is 17.5 Å². The number of methoxy groups -OCH3 is 2. The maximum Gasteiger partial charge on any atom is 0.239 e. The zero-order chi connectivity index (χ0) is 21.2. The molecule has 0 saturated heterocycles. The summed E-state index contributed by atoms with van der Waals surface area (Å²) in [6.07, 6.45) is 0.705. The molecule has 3 rings (SSSR count). The van der Waals surface area contributed by atoms with Gasteiger partial charge in [-0.05, 0) is 68.1 Å². The highest BCUT2D eigenvalue weighted by molar-refractivity contribution is 6.09. The van der Waals surface area contributed by atoms with Gasteiger partial charge in [-0.25, -0.2) is 0 Å². The summed E-state index contributed by atoms with van der Waals surface area (Å²) in [4.78, 5) is 27.8. The lowest BCUT2D eigenvalue weighted by molar-refractivity contribution is -0.147. The first kappa shape index (κ1) is 20.7. The molecule has 0 aliphatic carbocycles. The number of hydrogen-bond donors (Lipinski definition) is 1. The molecule has 6 heteroatoms. The predicted molar refractivity (Wildman–Crippen MR) is 112 cm³/mol. The third-order valence-electron chi connectivity index (χ3n) is 5.38. The van der Waals surface area contributed by atoms with Crippen LogP contribution in [0, 0.1) is 12.3 Å². The SMILES string of the molecule is COc1cc2c(cc1OC)CN(C(=O)C(C)(C)C(=O)Nc1cccc(C)c1)CC2. The van der Waals surface area contributed by atoms with Crippen LogP contribution in [-0.2, 0) is 22.6 Å². The summed E-state index contributed by atoms with van der Waals surface area (Å²) in [6.45, 7) is 6.30. The van der Waals surface area contributed by atoms with Gasteiger partial charge in [0.15, 0.2) is 11.5 Å². The second-order valence-electron chi connectivity index (χ2n) is 7.90. The minimum Gasteiger partial charge on any atom is -0.493 e. The zero-order valence-corrected chi connectivity index (χ0v) is 17.7. The van der Waals surface area contributed by atoms with Crippen LogP contribution < -0.4 is 14.8 Å². The number of benzene rings is 2. The maximum absolute atomic E-state index is 13.2. The molecular weight excluding hydrogens is 368 g/mol. The van der Waals surface area contributed by atoms with Gasteiger partial charge in [-0.3, -0.25) is 9.59 Å². The van der Waals surface area contributed by atoms with Crippen molar-refractivity contribution in [3.8, 4) is 11.5 Å². The van der Waals surface area contributed by atoms with Crippen molar-refractivity contribution in [3.63, 3.8) is 0 Å². The molecule has 1 aliphatic heterocycles. The number of aryl methyl sites for hydroxylation is 1. The molecule has 0 bridgehead atoms. The van der Waals surface area contributed by atoms with Crippen molar-refractivity contribution in [2.45, 2.75) is 33.7 Å². The Hall–Kier alpha value is -3.02. The number of nitrogens with zero attached hydrogens (tertiary/aromatic N) is 1. The molecule has 1 N–H and O–H groups in total. The van der Waals surface area contributed by atoms with E-state index in [2.05, 4.69) is 5.32 Å². The van der Waals surface area contributed by atoms with Crippen molar-refractivity contribution < 1.29 is 19.1 Å². The maximum atomic E-state index is 13.2. The number of ether oxygens (including phenoxy) is 2. The van der Waals surface area contributed by atoms with E-state index in [9.17, 15) is 9.59 Å². The molecule has 29 heavy (non-hydrogen) atoms. The average Bonchev–Trinajstić information content (AvgIpc) is 2.71. The molecule has 1 heterocycles. The lowest BCUT2D eigenvalue weighted by atomic mass is 9.88. The van der Waals surface area contributed by atoms with Crippen LogP contribution in [0.1, 0.15) is 30.5 Å². The summed E-state index contributed by atoms with van der Waals surface area (Å²) in [5, 5.41) is 2.87. The van der Waals surface area contributed by atoms with Crippen molar-refractivity contribution in [2.75, 3.05) is 26.1 Å². The van der Waals surface area contributed by atoms with E-state index >= 15 is 0 Å². The van der Waals surface area contributed by atoms with Gasteiger partial charge < -0.3 is 19.7 Å². The fraction of sp³-hybridized carbons (Fsp3) is 0.391. The summed E-state index contributed by atoms with van der Waals surface area (Å²) in [6, 6.07) is 11.4. The summed E-state index contributed by atoms with van der Waals surface area (Å²) in [7, 11) is 3.20. The van der Waals surface area contributed by atoms with Gasteiger partial charge in [-0.1, -0.05) is 12.1 Å². The van der Waals surface area contributed by atoms with Crippen molar-refractivity contribution in [3.05, 3.63) is 53.1 Å². The summed E-state index contributed by atoms with van der Waals surface area (Å²) < 4.78 is 10.8. The van der Waals surface area contributed by atoms with E-state index in [1.807, 2.05) is 43.3 Å². The lowest BCUT2D eigenvalue weighted by Crippen LogP contribution is -2.48. The van der Waals surface area contributed by atoms with E-state index in [0.29, 0.717) is 36.7 Å². The number of carbonyl (C=O) groups excluding carboxylic acids is 2. The number of carbonyl (C=O) groups is 2. The molecule has 0 atom stereocenters. The quantitative estimate of drug-likeness (QED) is 0.785. The van der Waals surface area contributed by atoms with E-state index in [1.165, 1.54) is 0 Å². The molecular formula is C23H28N2O4. The van der Waals surface area contributed by atoms with E-state index in [0.717, 1.165) is 16.7 Å². The Morgan fingerprint density at radius 1 is 1.03 bits per heavy atom. The smallest absolute Gasteiger partial charge is 0.239 e. The topological polar surface area (TPSA) is 67.9 Å². The van der Waals surface area contributed by atoms with Crippen LogP contribution in [0.2, 0.25) is 0 Å². The Morgan fingerprint density at radius 2 is 1.69 bits per heavy atom. The second kappa shape index (κ2) is 8.15. The number of nitrogens with one attached hydrogen (secondary N) is 1. The molecule has 2 aromatic rings. The second-order valence-corrected chi connectivity index (χ2v) is 7.90. The molecule has 0 unspecified atom stereocenters. The largest absolute Gasteiger partial charge is 0.493 e. The zero-order valence-electron chi connectivity index (χ0n) is 17.7. The van der Waals surface area contributed by atoms with E-state index in [1.54, 1.807) is 33.0 Å². The fourth-order valence-corrected chi connectivity index (χ4v) is 3.56. The highest BCUT2D eigenvalue weighted by Crippen LogP contribution is 2.34. The summed E-state index contributed by atoms with van der Waals surface area (Å²) >= 11 is 0. The molecule has 6 nitrogen and oxygen atoms in total. The predicted octanol–water partition coefficient (Wildman–Crippen LogP) is 3.56. The van der Waals surface area contributed by atoms with Gasteiger partial charge in [0, 0.05) is 18.8 Å². The Labute approximate surface area is 171 Å². The highest BCUT2D eigenvalue weighted by Gasteiger charge is 2.40. The van der Waals surface area contributed by atoms with Crippen LogP contribution in [0.25, 0.3) is 0 Å². The normalized spacial score (nSPS) is 13.5. The number of fused-ring (bicyclic) bond motifs is 1. The van der Waals surface area contributed by atoms with Crippen LogP contribution in [0.15, 0.2) is 36.4 Å². The lowest BCUT2D eigenvalue weighted by Gasteiger charge is -2.34. The molecule has 0 saturated carbocycles. The average molecular weight is 396 g/mol. The van der Waals surface area contributed by atoms with Crippen LogP contribution in [-0.4, -0.2) is 37.5 Å². The number of anilines is 1. The Bertz CT molecular complexity index is 936. The monoisotopic (exact) mass is 396 g/mol. The van der Waals surface area contributed by atoms with Gasteiger partial charge in [0.2, 0.25) is 11.8 Å². The first-order valence-electron chi connectivity index (χ1n) is 9.67. The third-order valence-corrected chi connectivity index (χ3v) is 5.38. The molecule has 1 aliphatic rings. The van der Waals surface area contributed by atoms with E-state index in [-0.39, 0.29) is 11.8 Å². The number of hydrogen-bond acceptors (Lipinski definition) is 4. The van der Waals surface area contributed by atoms with Crippen molar-refractivity contribution in [2.24, 2.45) is 5.41 Å². The van der Waals surface area contributed by atoms with E-state index < -0.39 is 5.41 Å². The number of rotatable bonds is 5. The minimum atomic E-state index is -1.18. The van der Waals surface area contributed by atoms with Gasteiger partial charge >= 0.3 is 0 Å². The minimum absolute atomic E-state index is 0.192. The molecule has 154 valence electrons. The molecule has 2 amide bonds. The molecule has 0 spiro atoms. The Kier molecular flexibility index (Phi) is 5.82. The molecule has 0 aromatic heterocycles. The standard InChI is InChI=1S/C23H28N2O4/c1-15-7-6-8-18(11-15)24-21(26)23(2,3)22(27)25-10-9-16-12-19(28-4)20(29-5)13-17(16)14-25/h6-8,11-13H,9-10,14H2,1-5H3,(H,24,26).